The van der Waals surface area contributed by atoms with E-state index < -0.39 is 0 Å². The number of ether oxygens (including phenoxy) is 2. The molecule has 0 aliphatic carbocycles. The van der Waals surface area contributed by atoms with E-state index in [9.17, 15) is 9.18 Å². The normalized spacial score (nSPS) is 23.3. The van der Waals surface area contributed by atoms with Crippen molar-refractivity contribution >= 4 is 5.91 Å². The Balaban J connectivity index is 1.31. The van der Waals surface area contributed by atoms with Crippen LogP contribution in [-0.2, 0) is 11.2 Å². The SMILES string of the molecule is CC1c2cc(F)ccc2CCN1CC(=O)N1CCCC1c1ccc2c(c1)OCCO2. The molecule has 2 aromatic rings. The molecule has 5 rings (SSSR count). The van der Waals surface area contributed by atoms with Crippen LogP contribution in [0.25, 0.3) is 0 Å². The first kappa shape index (κ1) is 19.4. The van der Waals surface area contributed by atoms with Gasteiger partial charge in [-0.25, -0.2) is 4.39 Å². The van der Waals surface area contributed by atoms with Crippen LogP contribution in [0, 0.1) is 5.82 Å². The molecule has 0 N–H and O–H groups in total. The molecule has 2 unspecified atom stereocenters. The highest BCUT2D eigenvalue weighted by molar-refractivity contribution is 5.79. The highest BCUT2D eigenvalue weighted by Gasteiger charge is 2.33. The van der Waals surface area contributed by atoms with Gasteiger partial charge < -0.3 is 14.4 Å². The third kappa shape index (κ3) is 3.54. The predicted octanol–water partition coefficient (Wildman–Crippen LogP) is 3.88. The third-order valence-electron chi connectivity index (χ3n) is 6.64. The van der Waals surface area contributed by atoms with Crippen molar-refractivity contribution in [1.29, 1.82) is 0 Å². The van der Waals surface area contributed by atoms with E-state index in [1.54, 1.807) is 6.07 Å². The number of likely N-dealkylation sites (tertiary alicyclic amines) is 1. The van der Waals surface area contributed by atoms with Crippen molar-refractivity contribution in [3.63, 3.8) is 0 Å². The molecule has 0 aromatic heterocycles. The fraction of sp³-hybridized carbons (Fsp3) is 0.458. The fourth-order valence-electron chi connectivity index (χ4n) is 5.00. The number of rotatable bonds is 3. The van der Waals surface area contributed by atoms with Crippen LogP contribution in [0.1, 0.15) is 48.5 Å². The van der Waals surface area contributed by atoms with Crippen LogP contribution >= 0.6 is 0 Å². The van der Waals surface area contributed by atoms with Gasteiger partial charge in [-0.3, -0.25) is 9.69 Å². The van der Waals surface area contributed by atoms with Gasteiger partial charge in [-0.15, -0.1) is 0 Å². The Labute approximate surface area is 176 Å². The van der Waals surface area contributed by atoms with Crippen molar-refractivity contribution in [2.45, 2.75) is 38.3 Å². The monoisotopic (exact) mass is 410 g/mol. The van der Waals surface area contributed by atoms with E-state index in [1.807, 2.05) is 29.2 Å². The van der Waals surface area contributed by atoms with Gasteiger partial charge in [0, 0.05) is 19.1 Å². The second-order valence-electron chi connectivity index (χ2n) is 8.39. The van der Waals surface area contributed by atoms with Crippen LogP contribution in [0.3, 0.4) is 0 Å². The summed E-state index contributed by atoms with van der Waals surface area (Å²) in [6.07, 6.45) is 2.79. The summed E-state index contributed by atoms with van der Waals surface area (Å²) in [7, 11) is 0. The lowest BCUT2D eigenvalue weighted by molar-refractivity contribution is -0.134. The number of nitrogens with zero attached hydrogens (tertiary/aromatic N) is 2. The average Bonchev–Trinajstić information content (AvgIpc) is 3.26. The maximum atomic E-state index is 13.7. The summed E-state index contributed by atoms with van der Waals surface area (Å²) < 4.78 is 25.1. The van der Waals surface area contributed by atoms with Gasteiger partial charge in [0.25, 0.3) is 0 Å². The Kier molecular flexibility index (Phi) is 5.11. The first-order valence-electron chi connectivity index (χ1n) is 10.8. The van der Waals surface area contributed by atoms with Gasteiger partial charge in [0.05, 0.1) is 12.6 Å². The van der Waals surface area contributed by atoms with Gasteiger partial charge in [-0.05, 0) is 67.1 Å². The van der Waals surface area contributed by atoms with E-state index >= 15 is 0 Å². The van der Waals surface area contributed by atoms with Crippen LogP contribution in [0.2, 0.25) is 0 Å². The summed E-state index contributed by atoms with van der Waals surface area (Å²) in [6.45, 7) is 5.13. The van der Waals surface area contributed by atoms with Gasteiger partial charge in [0.1, 0.15) is 19.0 Å². The molecule has 3 aliphatic rings. The van der Waals surface area contributed by atoms with Gasteiger partial charge >= 0.3 is 0 Å². The lowest BCUT2D eigenvalue weighted by Crippen LogP contribution is -2.43. The molecule has 1 amide bonds. The molecule has 3 aliphatic heterocycles. The highest BCUT2D eigenvalue weighted by Crippen LogP contribution is 2.38. The topological polar surface area (TPSA) is 42.0 Å². The van der Waals surface area contributed by atoms with Crippen LogP contribution < -0.4 is 9.47 Å². The molecule has 30 heavy (non-hydrogen) atoms. The first-order chi connectivity index (χ1) is 14.6. The van der Waals surface area contributed by atoms with Crippen LogP contribution in [0.15, 0.2) is 36.4 Å². The minimum atomic E-state index is -0.216. The molecule has 1 saturated heterocycles. The number of benzene rings is 2. The zero-order valence-electron chi connectivity index (χ0n) is 17.3. The van der Waals surface area contributed by atoms with Crippen molar-refractivity contribution in [3.05, 3.63) is 58.9 Å². The van der Waals surface area contributed by atoms with Crippen LogP contribution in [-0.4, -0.2) is 48.6 Å². The maximum Gasteiger partial charge on any atom is 0.237 e. The lowest BCUT2D eigenvalue weighted by Gasteiger charge is -2.36. The second-order valence-corrected chi connectivity index (χ2v) is 8.39. The number of fused-ring (bicyclic) bond motifs is 2. The summed E-state index contributed by atoms with van der Waals surface area (Å²) in [6, 6.07) is 11.1. The molecule has 0 saturated carbocycles. The Morgan fingerprint density at radius 1 is 1.10 bits per heavy atom. The molecule has 3 heterocycles. The number of carbonyl (C=O) groups is 1. The van der Waals surface area contributed by atoms with Gasteiger partial charge in [0.15, 0.2) is 11.5 Å². The lowest BCUT2D eigenvalue weighted by atomic mass is 9.93. The summed E-state index contributed by atoms with van der Waals surface area (Å²) in [4.78, 5) is 17.4. The van der Waals surface area contributed by atoms with Crippen molar-refractivity contribution < 1.29 is 18.7 Å². The van der Waals surface area contributed by atoms with Crippen LogP contribution in [0.5, 0.6) is 11.5 Å². The smallest absolute Gasteiger partial charge is 0.237 e. The summed E-state index contributed by atoms with van der Waals surface area (Å²) in [5.41, 5.74) is 3.28. The zero-order valence-corrected chi connectivity index (χ0v) is 17.3. The second kappa shape index (κ2) is 7.91. The standard InChI is InChI=1S/C24H27FN2O3/c1-16-20-14-19(25)6-4-17(20)8-10-26(16)15-24(28)27-9-2-3-21(27)18-5-7-22-23(13-18)30-12-11-29-22/h4-7,13-14,16,21H,2-3,8-12,15H2,1H3. The van der Waals surface area contributed by atoms with Gasteiger partial charge in [0.2, 0.25) is 5.91 Å². The highest BCUT2D eigenvalue weighted by atomic mass is 19.1. The average molecular weight is 410 g/mol. The number of carbonyl (C=O) groups excluding carboxylic acids is 1. The molecule has 2 aromatic carbocycles. The Morgan fingerprint density at radius 2 is 1.93 bits per heavy atom. The molecule has 5 nitrogen and oxygen atoms in total. The number of hydrogen-bond acceptors (Lipinski definition) is 4. The molecule has 0 radical (unpaired) electrons. The maximum absolute atomic E-state index is 13.7. The van der Waals surface area contributed by atoms with E-state index in [2.05, 4.69) is 11.8 Å². The largest absolute Gasteiger partial charge is 0.486 e. The Bertz CT molecular complexity index is 963. The van der Waals surface area contributed by atoms with Crippen molar-refractivity contribution in [2.24, 2.45) is 0 Å². The predicted molar refractivity (Wildman–Crippen MR) is 111 cm³/mol. The van der Waals surface area contributed by atoms with Gasteiger partial charge in [-0.1, -0.05) is 12.1 Å². The molecule has 0 bridgehead atoms. The molecule has 158 valence electrons. The van der Waals surface area contributed by atoms with E-state index in [1.165, 1.54) is 11.6 Å². The first-order valence-corrected chi connectivity index (χ1v) is 10.8. The number of halogens is 1. The van der Waals surface area contributed by atoms with E-state index in [0.717, 1.165) is 55.0 Å². The molecule has 6 heteroatoms. The summed E-state index contributed by atoms with van der Waals surface area (Å²) >= 11 is 0. The zero-order chi connectivity index (χ0) is 20.7. The third-order valence-corrected chi connectivity index (χ3v) is 6.64. The Morgan fingerprint density at radius 3 is 2.80 bits per heavy atom. The minimum absolute atomic E-state index is 0.0312. The molecular weight excluding hydrogens is 383 g/mol. The number of amides is 1. The fourth-order valence-corrected chi connectivity index (χ4v) is 5.00. The summed E-state index contributed by atoms with van der Waals surface area (Å²) in [5, 5.41) is 0. The van der Waals surface area contributed by atoms with E-state index in [0.29, 0.717) is 19.8 Å². The quantitative estimate of drug-likeness (QED) is 0.770. The minimum Gasteiger partial charge on any atom is -0.486 e. The van der Waals surface area contributed by atoms with E-state index in [4.69, 9.17) is 9.47 Å². The molecular formula is C24H27FN2O3. The van der Waals surface area contributed by atoms with E-state index in [-0.39, 0.29) is 23.8 Å². The molecule has 0 spiro atoms. The van der Waals surface area contributed by atoms with Crippen LogP contribution in [0.4, 0.5) is 4.39 Å². The Hall–Kier alpha value is -2.60. The van der Waals surface area contributed by atoms with Gasteiger partial charge in [-0.2, -0.15) is 0 Å². The molecule has 1 fully saturated rings. The molecule has 2 atom stereocenters. The number of hydrogen-bond donors (Lipinski definition) is 0. The van der Waals surface area contributed by atoms with Crippen molar-refractivity contribution in [3.8, 4) is 11.5 Å². The van der Waals surface area contributed by atoms with Crippen molar-refractivity contribution in [2.75, 3.05) is 32.8 Å². The van der Waals surface area contributed by atoms with Crippen molar-refractivity contribution in [1.82, 2.24) is 9.80 Å². The summed E-state index contributed by atoms with van der Waals surface area (Å²) in [5.74, 6) is 1.46.